The summed E-state index contributed by atoms with van der Waals surface area (Å²) in [5.74, 6) is 0.902. The predicted molar refractivity (Wildman–Crippen MR) is 86.4 cm³/mol. The van der Waals surface area contributed by atoms with Crippen molar-refractivity contribution in [2.75, 3.05) is 0 Å². The lowest BCUT2D eigenvalue weighted by molar-refractivity contribution is -0.135. The van der Waals surface area contributed by atoms with E-state index in [9.17, 15) is 9.59 Å². The molecule has 0 radical (unpaired) electrons. The zero-order valence-electron chi connectivity index (χ0n) is 13.9. The van der Waals surface area contributed by atoms with Gasteiger partial charge in [-0.15, -0.1) is 0 Å². The quantitative estimate of drug-likeness (QED) is 0.734. The molecule has 4 nitrogen and oxygen atoms in total. The predicted octanol–water partition coefficient (Wildman–Crippen LogP) is 3.46. The second kappa shape index (κ2) is 4.83. The lowest BCUT2D eigenvalue weighted by atomic mass is 9.82. The largest absolute Gasteiger partial charge is 0.440 e. The molecule has 2 bridgehead atoms. The Morgan fingerprint density at radius 3 is 2.65 bits per heavy atom. The molecule has 2 amide bonds. The van der Waals surface area contributed by atoms with Gasteiger partial charge < -0.3 is 4.74 Å². The SMILES string of the molecule is CC1C2C=CC(C2)C1C(=O)N1C(=O)OC(C)(C)[C@@H]1C1=CC=CC1. The monoisotopic (exact) mass is 313 g/mol. The van der Waals surface area contributed by atoms with Crippen molar-refractivity contribution in [3.05, 3.63) is 36.0 Å². The van der Waals surface area contributed by atoms with Crippen LogP contribution in [0.2, 0.25) is 0 Å². The number of rotatable bonds is 2. The Bertz CT molecular complexity index is 658. The molecular weight excluding hydrogens is 290 g/mol. The third-order valence-corrected chi connectivity index (χ3v) is 5.99. The Balaban J connectivity index is 1.67. The summed E-state index contributed by atoms with van der Waals surface area (Å²) in [7, 11) is 0. The molecule has 1 aliphatic heterocycles. The molecule has 0 aromatic heterocycles. The Hall–Kier alpha value is -1.84. The molecule has 5 atom stereocenters. The van der Waals surface area contributed by atoms with E-state index in [0.29, 0.717) is 11.8 Å². The van der Waals surface area contributed by atoms with Gasteiger partial charge in [-0.1, -0.05) is 37.3 Å². The Morgan fingerprint density at radius 1 is 1.30 bits per heavy atom. The second-order valence-electron chi connectivity index (χ2n) is 7.79. The van der Waals surface area contributed by atoms with E-state index in [1.165, 1.54) is 4.90 Å². The van der Waals surface area contributed by atoms with Crippen LogP contribution in [0.5, 0.6) is 0 Å². The van der Waals surface area contributed by atoms with Gasteiger partial charge in [0.15, 0.2) is 0 Å². The highest BCUT2D eigenvalue weighted by Crippen LogP contribution is 2.49. The molecule has 23 heavy (non-hydrogen) atoms. The minimum Gasteiger partial charge on any atom is -0.440 e. The van der Waals surface area contributed by atoms with E-state index in [4.69, 9.17) is 4.74 Å². The number of fused-ring (bicyclic) bond motifs is 2. The summed E-state index contributed by atoms with van der Waals surface area (Å²) in [6, 6.07) is -0.298. The number of allylic oxidation sites excluding steroid dienone is 5. The summed E-state index contributed by atoms with van der Waals surface area (Å²) in [6.07, 6.45) is 11.8. The lowest BCUT2D eigenvalue weighted by Gasteiger charge is -2.33. The highest BCUT2D eigenvalue weighted by molar-refractivity contribution is 5.96. The molecule has 122 valence electrons. The fourth-order valence-corrected chi connectivity index (χ4v) is 4.88. The first-order chi connectivity index (χ1) is 10.9. The molecule has 1 saturated carbocycles. The molecule has 0 aromatic carbocycles. The maximum Gasteiger partial charge on any atom is 0.417 e. The van der Waals surface area contributed by atoms with Crippen LogP contribution in [0.1, 0.15) is 33.6 Å². The minimum atomic E-state index is -0.679. The lowest BCUT2D eigenvalue weighted by Crippen LogP contribution is -2.49. The molecule has 0 aromatic rings. The van der Waals surface area contributed by atoms with Crippen LogP contribution < -0.4 is 0 Å². The highest BCUT2D eigenvalue weighted by atomic mass is 16.6. The number of nitrogens with zero attached hydrogens (tertiary/aromatic N) is 1. The van der Waals surface area contributed by atoms with Crippen molar-refractivity contribution in [1.82, 2.24) is 4.90 Å². The topological polar surface area (TPSA) is 46.6 Å². The van der Waals surface area contributed by atoms with E-state index in [0.717, 1.165) is 18.4 Å². The molecular formula is C19H23NO3. The van der Waals surface area contributed by atoms with Crippen molar-refractivity contribution in [1.29, 1.82) is 0 Å². The van der Waals surface area contributed by atoms with E-state index in [1.807, 2.05) is 26.0 Å². The number of cyclic esters (lactones) is 1. The molecule has 4 rings (SSSR count). The van der Waals surface area contributed by atoms with E-state index in [2.05, 4.69) is 25.2 Å². The Kier molecular flexibility index (Phi) is 3.09. The average Bonchev–Trinajstić information content (AvgIpc) is 3.21. The van der Waals surface area contributed by atoms with Crippen molar-refractivity contribution in [2.24, 2.45) is 23.7 Å². The van der Waals surface area contributed by atoms with Crippen molar-refractivity contribution in [3.8, 4) is 0 Å². The number of ether oxygens (including phenoxy) is 1. The molecule has 0 N–H and O–H groups in total. The van der Waals surface area contributed by atoms with Gasteiger partial charge in [0.25, 0.3) is 0 Å². The van der Waals surface area contributed by atoms with Crippen LogP contribution in [-0.4, -0.2) is 28.5 Å². The van der Waals surface area contributed by atoms with Crippen molar-refractivity contribution in [2.45, 2.75) is 45.3 Å². The molecule has 4 aliphatic rings. The standard InChI is InChI=1S/C19H23NO3/c1-11-13-8-9-14(10-13)15(11)17(21)20-16(12-6-4-5-7-12)19(2,3)23-18(20)22/h4-6,8-9,11,13-16H,7,10H2,1-3H3/t11?,13?,14?,15?,16-/m0/s1. The highest BCUT2D eigenvalue weighted by Gasteiger charge is 2.56. The summed E-state index contributed by atoms with van der Waals surface area (Å²) >= 11 is 0. The van der Waals surface area contributed by atoms with Gasteiger partial charge in [0.05, 0.1) is 0 Å². The second-order valence-corrected chi connectivity index (χ2v) is 7.79. The van der Waals surface area contributed by atoms with Crippen LogP contribution in [0.3, 0.4) is 0 Å². The first-order valence-electron chi connectivity index (χ1n) is 8.50. The molecule has 1 saturated heterocycles. The van der Waals surface area contributed by atoms with Crippen LogP contribution in [0, 0.1) is 23.7 Å². The molecule has 4 unspecified atom stereocenters. The summed E-state index contributed by atoms with van der Waals surface area (Å²) in [5.41, 5.74) is 0.405. The Labute approximate surface area is 136 Å². The van der Waals surface area contributed by atoms with Gasteiger partial charge in [-0.25, -0.2) is 9.69 Å². The smallest absolute Gasteiger partial charge is 0.417 e. The first kappa shape index (κ1) is 14.7. The minimum absolute atomic E-state index is 0.0530. The average molecular weight is 313 g/mol. The van der Waals surface area contributed by atoms with E-state index in [-0.39, 0.29) is 23.8 Å². The van der Waals surface area contributed by atoms with Crippen LogP contribution in [-0.2, 0) is 9.53 Å². The van der Waals surface area contributed by atoms with Crippen LogP contribution in [0.25, 0.3) is 0 Å². The van der Waals surface area contributed by atoms with Crippen LogP contribution in [0.4, 0.5) is 4.79 Å². The maximum absolute atomic E-state index is 13.3. The van der Waals surface area contributed by atoms with Crippen LogP contribution in [0.15, 0.2) is 36.0 Å². The molecule has 4 heteroatoms. The third-order valence-electron chi connectivity index (χ3n) is 5.99. The van der Waals surface area contributed by atoms with Gasteiger partial charge in [-0.2, -0.15) is 0 Å². The number of imide groups is 1. The number of amides is 2. The van der Waals surface area contributed by atoms with Gasteiger partial charge in [-0.3, -0.25) is 4.79 Å². The van der Waals surface area contributed by atoms with Gasteiger partial charge in [0.2, 0.25) is 5.91 Å². The summed E-state index contributed by atoms with van der Waals surface area (Å²) in [4.78, 5) is 27.2. The third kappa shape index (κ3) is 2.03. The number of hydrogen-bond donors (Lipinski definition) is 0. The Morgan fingerprint density at radius 2 is 2.04 bits per heavy atom. The maximum atomic E-state index is 13.3. The zero-order valence-corrected chi connectivity index (χ0v) is 13.9. The van der Waals surface area contributed by atoms with Crippen molar-refractivity contribution < 1.29 is 14.3 Å². The van der Waals surface area contributed by atoms with Gasteiger partial charge >= 0.3 is 6.09 Å². The van der Waals surface area contributed by atoms with E-state index < -0.39 is 11.7 Å². The fourth-order valence-electron chi connectivity index (χ4n) is 4.88. The van der Waals surface area contributed by atoms with Crippen molar-refractivity contribution >= 4 is 12.0 Å². The summed E-state index contributed by atoms with van der Waals surface area (Å²) < 4.78 is 5.56. The first-order valence-corrected chi connectivity index (χ1v) is 8.50. The molecule has 0 spiro atoms. The van der Waals surface area contributed by atoms with E-state index >= 15 is 0 Å². The van der Waals surface area contributed by atoms with E-state index in [1.54, 1.807) is 0 Å². The number of hydrogen-bond acceptors (Lipinski definition) is 3. The van der Waals surface area contributed by atoms with Crippen molar-refractivity contribution in [3.63, 3.8) is 0 Å². The summed E-state index contributed by atoms with van der Waals surface area (Å²) in [6.45, 7) is 5.92. The normalized spacial score (nSPS) is 40.0. The number of carbonyl (C=O) groups is 2. The van der Waals surface area contributed by atoms with Gasteiger partial charge in [0, 0.05) is 5.92 Å². The zero-order chi connectivity index (χ0) is 16.4. The molecule has 1 heterocycles. The molecule has 2 fully saturated rings. The summed E-state index contributed by atoms with van der Waals surface area (Å²) in [5, 5.41) is 0. The van der Waals surface area contributed by atoms with Crippen LogP contribution >= 0.6 is 0 Å². The van der Waals surface area contributed by atoms with Gasteiger partial charge in [0.1, 0.15) is 11.6 Å². The van der Waals surface area contributed by atoms with Gasteiger partial charge in [-0.05, 0) is 50.0 Å². The molecule has 3 aliphatic carbocycles. The fraction of sp³-hybridized carbons (Fsp3) is 0.579. The number of carbonyl (C=O) groups excluding carboxylic acids is 2.